The van der Waals surface area contributed by atoms with Gasteiger partial charge >= 0.3 is 0 Å². The number of nitrogens with one attached hydrogen (secondary N) is 2. The molecule has 0 atom stereocenters. The van der Waals surface area contributed by atoms with Crippen LogP contribution in [-0.2, 0) is 42.7 Å². The maximum atomic E-state index is 12.9. The second-order valence-electron chi connectivity index (χ2n) is 13.2. The third kappa shape index (κ3) is 11.8. The van der Waals surface area contributed by atoms with Crippen LogP contribution in [0.2, 0.25) is 10.0 Å². The summed E-state index contributed by atoms with van der Waals surface area (Å²) < 4.78 is 67.7. The summed E-state index contributed by atoms with van der Waals surface area (Å²) >= 11 is 15.2. The number of pyridine rings is 2. The highest BCUT2D eigenvalue weighted by Crippen LogP contribution is 2.29. The van der Waals surface area contributed by atoms with E-state index in [4.69, 9.17) is 23.2 Å². The molecule has 0 spiro atoms. The van der Waals surface area contributed by atoms with E-state index in [1.165, 1.54) is 38.9 Å². The van der Waals surface area contributed by atoms with Gasteiger partial charge in [-0.15, -0.1) is 0 Å². The fraction of sp³-hybridized carbons (Fsp3) is 0.351. The summed E-state index contributed by atoms with van der Waals surface area (Å²) in [6.45, 7) is 3.57. The average molecular weight is 899 g/mol. The number of halogens is 4. The van der Waals surface area contributed by atoms with Crippen LogP contribution in [0.15, 0.2) is 93.4 Å². The number of sulfonamides is 2. The molecule has 2 aromatic heterocycles. The van der Waals surface area contributed by atoms with E-state index >= 15 is 0 Å². The van der Waals surface area contributed by atoms with Crippen LogP contribution >= 0.6 is 39.1 Å². The van der Waals surface area contributed by atoms with Gasteiger partial charge in [0.05, 0.1) is 40.5 Å². The van der Waals surface area contributed by atoms with Gasteiger partial charge in [0, 0.05) is 58.7 Å². The van der Waals surface area contributed by atoms with Crippen LogP contribution in [0.25, 0.3) is 0 Å². The van der Waals surface area contributed by atoms with E-state index in [9.17, 15) is 30.8 Å². The molecular weight excluding hydrogens is 858 g/mol. The predicted octanol–water partition coefficient (Wildman–Crippen LogP) is 6.11. The van der Waals surface area contributed by atoms with Crippen molar-refractivity contribution in [2.45, 2.75) is 55.5 Å². The first-order chi connectivity index (χ1) is 26.1. The van der Waals surface area contributed by atoms with Crippen LogP contribution < -0.4 is 10.6 Å². The van der Waals surface area contributed by atoms with Gasteiger partial charge in [0.2, 0.25) is 31.9 Å². The normalized spacial score (nSPS) is 16.2. The number of amides is 2. The van der Waals surface area contributed by atoms with Crippen LogP contribution in [0.1, 0.15) is 42.6 Å². The monoisotopic (exact) mass is 896 g/mol. The molecular formula is C37H40BrCl2FN6O6S2. The Morgan fingerprint density at radius 1 is 0.745 bits per heavy atom. The minimum absolute atomic E-state index is 0.0373. The summed E-state index contributed by atoms with van der Waals surface area (Å²) in [5, 5.41) is 6.15. The van der Waals surface area contributed by atoms with Crippen molar-refractivity contribution in [1.82, 2.24) is 29.2 Å². The molecule has 4 heterocycles. The number of aryl methyl sites for hydroxylation is 1. The average Bonchev–Trinajstić information content (AvgIpc) is 3.16. The minimum atomic E-state index is -3.73. The number of hydrogen-bond donors (Lipinski definition) is 2. The topological polar surface area (TPSA) is 159 Å². The number of benzene rings is 2. The molecule has 2 N–H and O–H groups in total. The number of aromatic nitrogens is 2. The summed E-state index contributed by atoms with van der Waals surface area (Å²) in [5.41, 5.74) is 2.23. The standard InChI is InChI=1S/C19H22BrN3O3S.C18H18Cl2FN3O3S/c1-14-10-16(20)12-18(11-14)27(25,26)23-8-5-15(6-9-23)19(24)22-13-17-4-2-3-7-21-17;19-13-7-14(20)9-17(8-13)28(26,27)24-5-3-12(4-6-24)18(25)23-11-16-2-1-15(21)10-22-16/h2-4,7,10-12,15H,5-6,8-9,13H2,1H3,(H,22,24);1-2,7-10,12H,3-6,11H2,(H,23,25). The fourth-order valence-electron chi connectivity index (χ4n) is 6.20. The van der Waals surface area contributed by atoms with Crippen molar-refractivity contribution < 1.29 is 30.8 Å². The molecule has 0 unspecified atom stereocenters. The zero-order chi connectivity index (χ0) is 39.8. The molecule has 2 fully saturated rings. The molecule has 4 aromatic rings. The Kier molecular flexibility index (Phi) is 14.8. The molecule has 294 valence electrons. The van der Waals surface area contributed by atoms with Gasteiger partial charge in [0.15, 0.2) is 0 Å². The quantitative estimate of drug-likeness (QED) is 0.193. The molecule has 2 amide bonds. The number of hydrogen-bond acceptors (Lipinski definition) is 8. The molecule has 0 radical (unpaired) electrons. The SMILES string of the molecule is Cc1cc(Br)cc(S(=O)(=O)N2CCC(C(=O)NCc3ccccn3)CC2)c1.O=C(NCc1ccc(F)cn1)C1CCN(S(=O)(=O)c2cc(Cl)cc(Cl)c2)CC1. The first-order valence-electron chi connectivity index (χ1n) is 17.4. The van der Waals surface area contributed by atoms with Crippen molar-refractivity contribution in [2.24, 2.45) is 11.8 Å². The summed E-state index contributed by atoms with van der Waals surface area (Å²) in [5.74, 6) is -1.13. The lowest BCUT2D eigenvalue weighted by atomic mass is 9.97. The van der Waals surface area contributed by atoms with Gasteiger partial charge < -0.3 is 10.6 Å². The second-order valence-corrected chi connectivity index (χ2v) is 18.8. The van der Waals surface area contributed by atoms with Gasteiger partial charge in [-0.05, 0) is 98.8 Å². The first kappa shape index (κ1) is 42.6. The number of carbonyl (C=O) groups is 2. The smallest absolute Gasteiger partial charge is 0.243 e. The van der Waals surface area contributed by atoms with Crippen molar-refractivity contribution >= 4 is 71.0 Å². The van der Waals surface area contributed by atoms with Gasteiger partial charge in [-0.3, -0.25) is 19.6 Å². The van der Waals surface area contributed by atoms with E-state index in [1.807, 2.05) is 31.2 Å². The van der Waals surface area contributed by atoms with E-state index in [0.29, 0.717) is 51.0 Å². The van der Waals surface area contributed by atoms with Crippen molar-refractivity contribution in [1.29, 1.82) is 0 Å². The lowest BCUT2D eigenvalue weighted by molar-refractivity contribution is -0.127. The number of piperidine rings is 2. The highest BCUT2D eigenvalue weighted by molar-refractivity contribution is 9.10. The third-order valence-corrected chi connectivity index (χ3v) is 13.8. The molecule has 2 saturated heterocycles. The van der Waals surface area contributed by atoms with Crippen molar-refractivity contribution in [2.75, 3.05) is 26.2 Å². The summed E-state index contributed by atoms with van der Waals surface area (Å²) in [7, 11) is -7.28. The van der Waals surface area contributed by atoms with Gasteiger partial charge in [0.1, 0.15) is 5.82 Å². The van der Waals surface area contributed by atoms with Crippen molar-refractivity contribution in [3.8, 4) is 0 Å². The van der Waals surface area contributed by atoms with E-state index in [0.717, 1.165) is 21.9 Å². The first-order valence-corrected chi connectivity index (χ1v) is 21.8. The molecule has 18 heteroatoms. The fourth-order valence-corrected chi connectivity index (χ4v) is 10.8. The molecule has 12 nitrogen and oxygen atoms in total. The molecule has 2 aliphatic heterocycles. The maximum absolute atomic E-state index is 12.9. The van der Waals surface area contributed by atoms with Crippen molar-refractivity contribution in [3.05, 3.63) is 116 Å². The summed E-state index contributed by atoms with van der Waals surface area (Å²) in [4.78, 5) is 33.1. The molecule has 0 bridgehead atoms. The Bertz CT molecular complexity index is 2150. The number of carbonyl (C=O) groups excluding carboxylic acids is 2. The maximum Gasteiger partial charge on any atom is 0.243 e. The predicted molar refractivity (Wildman–Crippen MR) is 210 cm³/mol. The number of rotatable bonds is 10. The Labute approximate surface area is 339 Å². The van der Waals surface area contributed by atoms with E-state index < -0.39 is 25.9 Å². The van der Waals surface area contributed by atoms with Crippen LogP contribution in [0.3, 0.4) is 0 Å². The van der Waals surface area contributed by atoms with Gasteiger partial charge in [-0.25, -0.2) is 21.2 Å². The molecule has 2 aromatic carbocycles. The van der Waals surface area contributed by atoms with Gasteiger partial charge in [-0.1, -0.05) is 45.2 Å². The van der Waals surface area contributed by atoms with Gasteiger partial charge in [0.25, 0.3) is 0 Å². The summed E-state index contributed by atoms with van der Waals surface area (Å²) in [6.07, 6.45) is 4.61. The van der Waals surface area contributed by atoms with Crippen LogP contribution in [0.4, 0.5) is 4.39 Å². The van der Waals surface area contributed by atoms with Gasteiger partial charge in [-0.2, -0.15) is 8.61 Å². The minimum Gasteiger partial charge on any atom is -0.350 e. The molecule has 0 saturated carbocycles. The second kappa shape index (κ2) is 19.1. The number of nitrogens with zero attached hydrogens (tertiary/aromatic N) is 4. The third-order valence-electron chi connectivity index (χ3n) is 9.18. The van der Waals surface area contributed by atoms with Crippen molar-refractivity contribution in [3.63, 3.8) is 0 Å². The van der Waals surface area contributed by atoms with E-state index in [1.54, 1.807) is 18.3 Å². The Morgan fingerprint density at radius 2 is 1.25 bits per heavy atom. The van der Waals surface area contributed by atoms with E-state index in [2.05, 4.69) is 36.5 Å². The lowest BCUT2D eigenvalue weighted by Crippen LogP contribution is -2.42. The summed E-state index contributed by atoms with van der Waals surface area (Å²) in [6, 6.07) is 17.7. The zero-order valence-electron chi connectivity index (χ0n) is 29.8. The van der Waals surface area contributed by atoms with Crippen LogP contribution in [0.5, 0.6) is 0 Å². The van der Waals surface area contributed by atoms with Crippen LogP contribution in [0, 0.1) is 24.6 Å². The Morgan fingerprint density at radius 3 is 1.71 bits per heavy atom. The highest BCUT2D eigenvalue weighted by atomic mass is 79.9. The van der Waals surface area contributed by atoms with Crippen LogP contribution in [-0.4, -0.2) is 73.4 Å². The molecule has 2 aliphatic rings. The Balaban J connectivity index is 0.000000211. The van der Waals surface area contributed by atoms with E-state index in [-0.39, 0.29) is 63.1 Å². The largest absolute Gasteiger partial charge is 0.350 e. The highest BCUT2D eigenvalue weighted by Gasteiger charge is 2.34. The molecule has 0 aliphatic carbocycles. The lowest BCUT2D eigenvalue weighted by Gasteiger charge is -2.30. The Hall–Kier alpha value is -3.51. The molecule has 6 rings (SSSR count). The zero-order valence-corrected chi connectivity index (χ0v) is 34.5. The molecule has 55 heavy (non-hydrogen) atoms.